The van der Waals surface area contributed by atoms with Crippen molar-refractivity contribution in [2.24, 2.45) is 0 Å². The topological polar surface area (TPSA) is 54.6 Å². The third-order valence-corrected chi connectivity index (χ3v) is 1.16. The fraction of sp³-hybridized carbons (Fsp3) is 0.500. The molecule has 1 aromatic rings. The molecule has 0 unspecified atom stereocenters. The molecule has 0 atom stereocenters. The molecule has 0 fully saturated rings. The maximum absolute atomic E-state index is 7.29. The number of hydrogen-bond donors (Lipinski definition) is 1. The van der Waals surface area contributed by atoms with Gasteiger partial charge in [0, 0.05) is 0 Å². The summed E-state index contributed by atoms with van der Waals surface area (Å²) >= 11 is 0. The van der Waals surface area contributed by atoms with Crippen LogP contribution in [0.4, 0.5) is 0 Å². The normalized spacial score (nSPS) is 10.3. The largest absolute Gasteiger partial charge is 0.266 e. The van der Waals surface area contributed by atoms with Crippen molar-refractivity contribution in [2.45, 2.75) is 19.9 Å². The molecule has 0 saturated carbocycles. The van der Waals surface area contributed by atoms with Crippen molar-refractivity contribution in [3.8, 4) is 0 Å². The van der Waals surface area contributed by atoms with Gasteiger partial charge in [0.25, 0.3) is 0 Å². The molecule has 1 heterocycles. The molecule has 4 nitrogen and oxygen atoms in total. The third-order valence-electron chi connectivity index (χ3n) is 1.16. The lowest BCUT2D eigenvalue weighted by Gasteiger charge is -2.05. The van der Waals surface area contributed by atoms with Gasteiger partial charge in [-0.1, -0.05) is 0 Å². The Morgan fingerprint density at radius 1 is 1.50 bits per heavy atom. The first-order valence-corrected chi connectivity index (χ1v) is 3.16. The number of nitrogens with one attached hydrogen (secondary N) is 1. The summed E-state index contributed by atoms with van der Waals surface area (Å²) in [6.07, 6.45) is 3.10. The van der Waals surface area contributed by atoms with Gasteiger partial charge < -0.3 is 0 Å². The summed E-state index contributed by atoms with van der Waals surface area (Å²) in [5, 5.41) is 11.2. The van der Waals surface area contributed by atoms with E-state index in [1.807, 2.05) is 13.8 Å². The zero-order valence-corrected chi connectivity index (χ0v) is 6.07. The quantitative estimate of drug-likeness (QED) is 0.608. The van der Waals surface area contributed by atoms with Crippen LogP contribution in [0.3, 0.4) is 0 Å². The molecule has 10 heavy (non-hydrogen) atoms. The van der Waals surface area contributed by atoms with Gasteiger partial charge in [0.05, 0.1) is 18.4 Å². The SMILES string of the molecule is CC(C)n1nccnc1=N. The Labute approximate surface area is 59.0 Å². The van der Waals surface area contributed by atoms with Crippen LogP contribution in [-0.4, -0.2) is 14.8 Å². The Bertz CT molecular complexity index is 262. The first kappa shape index (κ1) is 6.92. The van der Waals surface area contributed by atoms with Crippen LogP contribution in [0.25, 0.3) is 0 Å². The van der Waals surface area contributed by atoms with E-state index in [0.717, 1.165) is 0 Å². The van der Waals surface area contributed by atoms with Crippen LogP contribution < -0.4 is 5.62 Å². The standard InChI is InChI=1S/C6H10N4/c1-5(2)10-6(7)8-3-4-9-10/h3-5,7H,1-2H3. The minimum Gasteiger partial charge on any atom is -0.266 e. The van der Waals surface area contributed by atoms with Crippen molar-refractivity contribution in [3.63, 3.8) is 0 Å². The van der Waals surface area contributed by atoms with Crippen LogP contribution in [0.5, 0.6) is 0 Å². The van der Waals surface area contributed by atoms with E-state index in [0.29, 0.717) is 0 Å². The first-order valence-electron chi connectivity index (χ1n) is 3.16. The minimum absolute atomic E-state index is 0.206. The maximum Gasteiger partial charge on any atom is 0.238 e. The van der Waals surface area contributed by atoms with Gasteiger partial charge >= 0.3 is 0 Å². The molecule has 0 bridgehead atoms. The van der Waals surface area contributed by atoms with E-state index < -0.39 is 0 Å². The second-order valence-corrected chi connectivity index (χ2v) is 2.30. The van der Waals surface area contributed by atoms with Crippen molar-refractivity contribution >= 4 is 0 Å². The van der Waals surface area contributed by atoms with Crippen molar-refractivity contribution in [2.75, 3.05) is 0 Å². The summed E-state index contributed by atoms with van der Waals surface area (Å²) in [4.78, 5) is 3.77. The molecule has 0 radical (unpaired) electrons. The minimum atomic E-state index is 0.206. The Hall–Kier alpha value is -1.19. The van der Waals surface area contributed by atoms with Gasteiger partial charge in [-0.15, -0.1) is 0 Å². The number of hydrogen-bond acceptors (Lipinski definition) is 3. The molecular formula is C6H10N4. The van der Waals surface area contributed by atoms with Crippen LogP contribution in [0.2, 0.25) is 0 Å². The van der Waals surface area contributed by atoms with Crippen LogP contribution in [0, 0.1) is 5.41 Å². The summed E-state index contributed by atoms with van der Waals surface area (Å²) in [5.74, 6) is 0. The fourth-order valence-corrected chi connectivity index (χ4v) is 0.697. The van der Waals surface area contributed by atoms with Crippen molar-refractivity contribution in [1.82, 2.24) is 14.8 Å². The molecule has 1 rings (SSSR count). The molecule has 0 saturated heterocycles. The molecule has 1 N–H and O–H groups in total. The Balaban J connectivity index is 3.16. The Kier molecular flexibility index (Phi) is 1.80. The second-order valence-electron chi connectivity index (χ2n) is 2.30. The molecule has 1 aromatic heterocycles. The molecule has 0 aromatic carbocycles. The van der Waals surface area contributed by atoms with Gasteiger partial charge in [-0.3, -0.25) is 5.41 Å². The number of nitrogens with zero attached hydrogens (tertiary/aromatic N) is 3. The summed E-state index contributed by atoms with van der Waals surface area (Å²) < 4.78 is 1.56. The van der Waals surface area contributed by atoms with Gasteiger partial charge in [-0.05, 0) is 13.8 Å². The molecule has 54 valence electrons. The van der Waals surface area contributed by atoms with Gasteiger partial charge in [0.2, 0.25) is 5.62 Å². The maximum atomic E-state index is 7.29. The average Bonchev–Trinajstić information content (AvgIpc) is 1.88. The molecule has 0 spiro atoms. The Morgan fingerprint density at radius 3 is 2.60 bits per heavy atom. The highest BCUT2D eigenvalue weighted by Crippen LogP contribution is 1.92. The van der Waals surface area contributed by atoms with Crippen LogP contribution >= 0.6 is 0 Å². The number of aromatic nitrogens is 3. The van der Waals surface area contributed by atoms with Crippen LogP contribution in [0.1, 0.15) is 19.9 Å². The van der Waals surface area contributed by atoms with E-state index in [9.17, 15) is 0 Å². The Morgan fingerprint density at radius 2 is 2.20 bits per heavy atom. The van der Waals surface area contributed by atoms with Crippen molar-refractivity contribution in [3.05, 3.63) is 18.0 Å². The molecular weight excluding hydrogens is 128 g/mol. The lowest BCUT2D eigenvalue weighted by molar-refractivity contribution is 0.474. The smallest absolute Gasteiger partial charge is 0.238 e. The molecule has 0 amide bonds. The highest BCUT2D eigenvalue weighted by atomic mass is 15.3. The van der Waals surface area contributed by atoms with E-state index in [1.54, 1.807) is 10.9 Å². The summed E-state index contributed by atoms with van der Waals surface area (Å²) in [6.45, 7) is 3.93. The van der Waals surface area contributed by atoms with E-state index in [1.165, 1.54) is 6.20 Å². The summed E-state index contributed by atoms with van der Waals surface area (Å²) in [5.41, 5.74) is 0.206. The second kappa shape index (κ2) is 2.60. The van der Waals surface area contributed by atoms with Gasteiger partial charge in [0.15, 0.2) is 0 Å². The van der Waals surface area contributed by atoms with Gasteiger partial charge in [0.1, 0.15) is 0 Å². The van der Waals surface area contributed by atoms with E-state index in [4.69, 9.17) is 5.41 Å². The van der Waals surface area contributed by atoms with E-state index in [-0.39, 0.29) is 11.7 Å². The molecule has 0 aliphatic rings. The predicted molar refractivity (Wildman–Crippen MR) is 36.3 cm³/mol. The lowest BCUT2D eigenvalue weighted by Crippen LogP contribution is -2.26. The molecule has 4 heteroatoms. The van der Waals surface area contributed by atoms with Gasteiger partial charge in [-0.2, -0.15) is 5.10 Å². The van der Waals surface area contributed by atoms with Crippen molar-refractivity contribution < 1.29 is 0 Å². The van der Waals surface area contributed by atoms with Gasteiger partial charge in [-0.25, -0.2) is 9.67 Å². The van der Waals surface area contributed by atoms with Crippen LogP contribution in [0.15, 0.2) is 12.4 Å². The van der Waals surface area contributed by atoms with Crippen molar-refractivity contribution in [1.29, 1.82) is 5.41 Å². The van der Waals surface area contributed by atoms with Crippen LogP contribution in [-0.2, 0) is 0 Å². The molecule has 0 aliphatic heterocycles. The highest BCUT2D eigenvalue weighted by Gasteiger charge is 1.96. The monoisotopic (exact) mass is 138 g/mol. The third kappa shape index (κ3) is 1.21. The lowest BCUT2D eigenvalue weighted by atomic mass is 10.4. The zero-order valence-electron chi connectivity index (χ0n) is 6.07. The summed E-state index contributed by atoms with van der Waals surface area (Å²) in [6, 6.07) is 0.209. The average molecular weight is 138 g/mol. The van der Waals surface area contributed by atoms with E-state index >= 15 is 0 Å². The summed E-state index contributed by atoms with van der Waals surface area (Å²) in [7, 11) is 0. The number of rotatable bonds is 1. The molecule has 0 aliphatic carbocycles. The first-order chi connectivity index (χ1) is 4.72. The zero-order chi connectivity index (χ0) is 7.56. The fourth-order valence-electron chi connectivity index (χ4n) is 0.697. The predicted octanol–water partition coefficient (Wildman–Crippen LogP) is 0.338. The highest BCUT2D eigenvalue weighted by molar-refractivity contribution is 4.65. The van der Waals surface area contributed by atoms with E-state index in [2.05, 4.69) is 10.1 Å².